The van der Waals surface area contributed by atoms with Crippen molar-refractivity contribution in [1.29, 1.82) is 0 Å². The van der Waals surface area contributed by atoms with Crippen LogP contribution in [0.3, 0.4) is 0 Å². The first-order valence-corrected chi connectivity index (χ1v) is 6.08. The highest BCUT2D eigenvalue weighted by Crippen LogP contribution is 2.20. The predicted octanol–water partition coefficient (Wildman–Crippen LogP) is 1.37. The van der Waals surface area contributed by atoms with Crippen LogP contribution in [0.1, 0.15) is 12.8 Å². The zero-order valence-electron chi connectivity index (χ0n) is 9.91. The molecule has 1 atom stereocenters. The monoisotopic (exact) mass is 270 g/mol. The Balaban J connectivity index is 0.00000144. The van der Waals surface area contributed by atoms with Crippen molar-refractivity contribution in [3.8, 4) is 0 Å². The van der Waals surface area contributed by atoms with E-state index in [1.807, 2.05) is 4.90 Å². The van der Waals surface area contributed by atoms with Gasteiger partial charge in [-0.05, 0) is 18.8 Å². The lowest BCUT2D eigenvalue weighted by atomic mass is 9.98. The van der Waals surface area contributed by atoms with Gasteiger partial charge in [0.1, 0.15) is 0 Å². The Bertz CT molecular complexity index is 216. The summed E-state index contributed by atoms with van der Waals surface area (Å²) in [6, 6.07) is -0.600. The summed E-state index contributed by atoms with van der Waals surface area (Å²) in [6.45, 7) is 4.37. The van der Waals surface area contributed by atoms with Gasteiger partial charge in [0.15, 0.2) is 0 Å². The molecule has 2 aliphatic heterocycles. The van der Waals surface area contributed by atoms with Crippen molar-refractivity contribution < 1.29 is 13.5 Å². The van der Waals surface area contributed by atoms with Gasteiger partial charge >= 0.3 is 0 Å². The summed E-state index contributed by atoms with van der Waals surface area (Å²) >= 11 is 0. The number of rotatable bonds is 3. The van der Waals surface area contributed by atoms with E-state index in [2.05, 4.69) is 5.32 Å². The van der Waals surface area contributed by atoms with Crippen LogP contribution in [-0.4, -0.2) is 56.8 Å². The first-order chi connectivity index (χ1) is 7.77. The smallest absolute Gasteiger partial charge is 0.255 e. The normalized spacial score (nSPS) is 28.1. The predicted molar refractivity (Wildman–Crippen MR) is 65.0 cm³/mol. The second-order valence-electron chi connectivity index (χ2n) is 4.66. The fourth-order valence-electron chi connectivity index (χ4n) is 2.50. The van der Waals surface area contributed by atoms with Crippen LogP contribution in [0.2, 0.25) is 0 Å². The molecule has 1 unspecified atom stereocenters. The number of nitrogens with zero attached hydrogens (tertiary/aromatic N) is 1. The van der Waals surface area contributed by atoms with E-state index < -0.39 is 12.5 Å². The SMILES string of the molecule is Cl.FC(F)C1CNCCN1CC1CCOCC1. The molecule has 6 heteroatoms. The summed E-state index contributed by atoms with van der Waals surface area (Å²) in [5.74, 6) is 0.535. The van der Waals surface area contributed by atoms with Crippen molar-refractivity contribution in [2.45, 2.75) is 25.3 Å². The fourth-order valence-corrected chi connectivity index (χ4v) is 2.50. The lowest BCUT2D eigenvalue weighted by Crippen LogP contribution is -2.55. The first-order valence-electron chi connectivity index (χ1n) is 6.08. The molecule has 0 radical (unpaired) electrons. The second kappa shape index (κ2) is 7.46. The quantitative estimate of drug-likeness (QED) is 0.838. The minimum atomic E-state index is -2.24. The van der Waals surface area contributed by atoms with E-state index >= 15 is 0 Å². The molecule has 0 bridgehead atoms. The zero-order chi connectivity index (χ0) is 11.4. The summed E-state index contributed by atoms with van der Waals surface area (Å²) < 4.78 is 30.9. The molecule has 0 amide bonds. The van der Waals surface area contributed by atoms with Crippen molar-refractivity contribution in [2.24, 2.45) is 5.92 Å². The van der Waals surface area contributed by atoms with E-state index in [4.69, 9.17) is 4.74 Å². The molecule has 0 aromatic rings. The lowest BCUT2D eigenvalue weighted by Gasteiger charge is -2.38. The summed E-state index contributed by atoms with van der Waals surface area (Å²) in [6.07, 6.45) is -0.215. The number of hydrogen-bond donors (Lipinski definition) is 1. The van der Waals surface area contributed by atoms with Gasteiger partial charge in [0.2, 0.25) is 0 Å². The maximum atomic E-state index is 12.8. The van der Waals surface area contributed by atoms with E-state index in [1.54, 1.807) is 0 Å². The Morgan fingerprint density at radius 1 is 1.29 bits per heavy atom. The molecule has 2 heterocycles. The number of halogens is 3. The number of ether oxygens (including phenoxy) is 1. The molecule has 17 heavy (non-hydrogen) atoms. The second-order valence-corrected chi connectivity index (χ2v) is 4.66. The molecule has 3 nitrogen and oxygen atoms in total. The summed E-state index contributed by atoms with van der Waals surface area (Å²) in [7, 11) is 0. The van der Waals surface area contributed by atoms with Crippen molar-refractivity contribution in [1.82, 2.24) is 10.2 Å². The minimum absolute atomic E-state index is 0. The van der Waals surface area contributed by atoms with Crippen LogP contribution in [0.25, 0.3) is 0 Å². The Hall–Kier alpha value is 0.0300. The zero-order valence-corrected chi connectivity index (χ0v) is 10.7. The molecule has 0 aliphatic carbocycles. The molecule has 2 saturated heterocycles. The molecule has 2 fully saturated rings. The standard InChI is InChI=1S/C11H20F2N2O.ClH/c12-11(13)10-7-14-3-4-15(10)8-9-1-5-16-6-2-9;/h9-11,14H,1-8H2;1H. The van der Waals surface area contributed by atoms with Gasteiger partial charge in [-0.1, -0.05) is 0 Å². The van der Waals surface area contributed by atoms with Gasteiger partial charge in [-0.2, -0.15) is 0 Å². The molecule has 102 valence electrons. The van der Waals surface area contributed by atoms with E-state index in [9.17, 15) is 8.78 Å². The van der Waals surface area contributed by atoms with Crippen LogP contribution in [-0.2, 0) is 4.74 Å². The molecule has 1 N–H and O–H groups in total. The molecule has 0 aromatic carbocycles. The van der Waals surface area contributed by atoms with E-state index in [-0.39, 0.29) is 12.4 Å². The van der Waals surface area contributed by atoms with Crippen molar-refractivity contribution >= 4 is 12.4 Å². The topological polar surface area (TPSA) is 24.5 Å². The molecular formula is C11H21ClF2N2O. The highest BCUT2D eigenvalue weighted by Gasteiger charge is 2.31. The van der Waals surface area contributed by atoms with E-state index in [0.717, 1.165) is 45.7 Å². The van der Waals surface area contributed by atoms with Crippen molar-refractivity contribution in [3.05, 3.63) is 0 Å². The van der Waals surface area contributed by atoms with Crippen LogP contribution in [0, 0.1) is 5.92 Å². The first kappa shape index (κ1) is 15.1. The summed E-state index contributed by atoms with van der Waals surface area (Å²) in [5, 5.41) is 3.04. The number of alkyl halides is 2. The van der Waals surface area contributed by atoms with Gasteiger partial charge in [-0.25, -0.2) is 8.78 Å². The van der Waals surface area contributed by atoms with Gasteiger partial charge in [-0.3, -0.25) is 4.90 Å². The molecular weight excluding hydrogens is 250 g/mol. The third-order valence-electron chi connectivity index (χ3n) is 3.52. The molecule has 2 aliphatic rings. The summed E-state index contributed by atoms with van der Waals surface area (Å²) in [4.78, 5) is 1.96. The third-order valence-corrected chi connectivity index (χ3v) is 3.52. The maximum Gasteiger partial charge on any atom is 0.255 e. The largest absolute Gasteiger partial charge is 0.381 e. The highest BCUT2D eigenvalue weighted by molar-refractivity contribution is 5.85. The fraction of sp³-hybridized carbons (Fsp3) is 1.00. The molecule has 0 saturated carbocycles. The molecule has 2 rings (SSSR count). The number of nitrogens with one attached hydrogen (secondary N) is 1. The summed E-state index contributed by atoms with van der Waals surface area (Å²) in [5.41, 5.74) is 0. The van der Waals surface area contributed by atoms with E-state index in [1.165, 1.54) is 0 Å². The van der Waals surface area contributed by atoms with Crippen LogP contribution < -0.4 is 5.32 Å². The van der Waals surface area contributed by atoms with Crippen LogP contribution in [0.15, 0.2) is 0 Å². The van der Waals surface area contributed by atoms with E-state index in [0.29, 0.717) is 12.5 Å². The van der Waals surface area contributed by atoms with Gasteiger partial charge in [0, 0.05) is 39.4 Å². The van der Waals surface area contributed by atoms with Gasteiger partial charge in [0.25, 0.3) is 6.43 Å². The maximum absolute atomic E-state index is 12.8. The van der Waals surface area contributed by atoms with Gasteiger partial charge in [0.05, 0.1) is 6.04 Å². The molecule has 0 aromatic heterocycles. The van der Waals surface area contributed by atoms with Crippen molar-refractivity contribution in [3.63, 3.8) is 0 Å². The van der Waals surface area contributed by atoms with Crippen molar-refractivity contribution in [2.75, 3.05) is 39.4 Å². The van der Waals surface area contributed by atoms with Crippen LogP contribution in [0.5, 0.6) is 0 Å². The van der Waals surface area contributed by atoms with Crippen LogP contribution in [0.4, 0.5) is 8.78 Å². The Kier molecular flexibility index (Phi) is 6.62. The molecule has 0 spiro atoms. The number of piperazine rings is 1. The Labute approximate surface area is 107 Å². The number of hydrogen-bond acceptors (Lipinski definition) is 3. The Morgan fingerprint density at radius 3 is 2.65 bits per heavy atom. The average molecular weight is 271 g/mol. The highest BCUT2D eigenvalue weighted by atomic mass is 35.5. The van der Waals surface area contributed by atoms with Gasteiger partial charge in [-0.15, -0.1) is 12.4 Å². The van der Waals surface area contributed by atoms with Gasteiger partial charge < -0.3 is 10.1 Å². The minimum Gasteiger partial charge on any atom is -0.381 e. The third kappa shape index (κ3) is 4.32. The van der Waals surface area contributed by atoms with Crippen LogP contribution >= 0.6 is 12.4 Å². The average Bonchev–Trinajstić information content (AvgIpc) is 2.31. The lowest BCUT2D eigenvalue weighted by molar-refractivity contribution is -0.00981. The Morgan fingerprint density at radius 2 is 2.00 bits per heavy atom.